The van der Waals surface area contributed by atoms with Crippen LogP contribution in [-0.4, -0.2) is 0 Å². The number of hydrogen-bond donors (Lipinski definition) is 0. The van der Waals surface area contributed by atoms with Crippen molar-refractivity contribution in [2.75, 3.05) is 0 Å². The van der Waals surface area contributed by atoms with E-state index in [1.54, 1.807) is 12.8 Å². The van der Waals surface area contributed by atoms with Gasteiger partial charge in [0.25, 0.3) is 0 Å². The van der Waals surface area contributed by atoms with Gasteiger partial charge in [-0.1, -0.05) is 55.4 Å². The first-order valence-corrected chi connectivity index (χ1v) is 11.6. The molecular formula is C25H36. The number of hydrogen-bond acceptors (Lipinski definition) is 0. The minimum Gasteiger partial charge on any atom is -0.0616 e. The zero-order valence-electron chi connectivity index (χ0n) is 17.5. The van der Waals surface area contributed by atoms with Crippen molar-refractivity contribution in [1.29, 1.82) is 0 Å². The SMILES string of the molecule is CC1C2C3CC4C5C6(C)CC7(C)C(C)(C)C(C)C16C51C(C)C(C)C21C437. The highest BCUT2D eigenvalue weighted by atomic mass is 15.2. The van der Waals surface area contributed by atoms with Gasteiger partial charge in [-0.2, -0.15) is 0 Å². The summed E-state index contributed by atoms with van der Waals surface area (Å²) >= 11 is 0. The van der Waals surface area contributed by atoms with Crippen molar-refractivity contribution in [3.05, 3.63) is 0 Å². The van der Waals surface area contributed by atoms with Crippen LogP contribution in [0.1, 0.15) is 68.2 Å². The second kappa shape index (κ2) is 2.75. The lowest BCUT2D eigenvalue weighted by molar-refractivity contribution is -0.443. The summed E-state index contributed by atoms with van der Waals surface area (Å²) in [6, 6.07) is 0. The first kappa shape index (κ1) is 14.1. The molecule has 0 aromatic rings. The Balaban J connectivity index is 1.64. The zero-order chi connectivity index (χ0) is 17.5. The third-order valence-electron chi connectivity index (χ3n) is 15.5. The zero-order valence-corrected chi connectivity index (χ0v) is 17.5. The first-order valence-electron chi connectivity index (χ1n) is 11.6. The summed E-state index contributed by atoms with van der Waals surface area (Å²) in [6.45, 7) is 22.0. The summed E-state index contributed by atoms with van der Waals surface area (Å²) in [5.41, 5.74) is 4.78. The molecule has 4 bridgehead atoms. The van der Waals surface area contributed by atoms with Crippen molar-refractivity contribution < 1.29 is 0 Å². The van der Waals surface area contributed by atoms with Gasteiger partial charge in [-0.3, -0.25) is 0 Å². The molecule has 0 saturated heterocycles. The predicted octanol–water partition coefficient (Wildman–Crippen LogP) is 5.87. The third kappa shape index (κ3) is 0.593. The fourth-order valence-electron chi connectivity index (χ4n) is 16.3. The Hall–Kier alpha value is 0. The van der Waals surface area contributed by atoms with Crippen LogP contribution in [0.25, 0.3) is 0 Å². The van der Waals surface area contributed by atoms with Gasteiger partial charge in [-0.05, 0) is 98.1 Å². The van der Waals surface area contributed by atoms with Gasteiger partial charge in [0, 0.05) is 0 Å². The van der Waals surface area contributed by atoms with Crippen molar-refractivity contribution in [2.45, 2.75) is 68.2 Å². The van der Waals surface area contributed by atoms with E-state index in [1.165, 1.54) is 0 Å². The van der Waals surface area contributed by atoms with E-state index in [-0.39, 0.29) is 0 Å². The minimum absolute atomic E-state index is 0.519. The molecule has 0 heteroatoms. The fraction of sp³-hybridized carbons (Fsp3) is 1.00. The monoisotopic (exact) mass is 336 g/mol. The van der Waals surface area contributed by atoms with Crippen molar-refractivity contribution in [2.24, 2.45) is 85.2 Å². The highest BCUT2D eigenvalue weighted by Gasteiger charge is 3.15. The van der Waals surface area contributed by atoms with Gasteiger partial charge in [0.15, 0.2) is 0 Å². The fourth-order valence-corrected chi connectivity index (χ4v) is 16.3. The molecule has 8 aliphatic rings. The molecule has 14 unspecified atom stereocenters. The highest BCUT2D eigenvalue weighted by Crippen LogP contribution is 3.19. The molecule has 8 fully saturated rings. The lowest BCUT2D eigenvalue weighted by Crippen LogP contribution is -2.87. The van der Waals surface area contributed by atoms with Gasteiger partial charge in [0.1, 0.15) is 0 Å². The summed E-state index contributed by atoms with van der Waals surface area (Å²) < 4.78 is 0. The van der Waals surface area contributed by atoms with Crippen LogP contribution < -0.4 is 0 Å². The first-order chi connectivity index (χ1) is 11.6. The molecule has 0 amide bonds. The van der Waals surface area contributed by atoms with E-state index < -0.39 is 0 Å². The van der Waals surface area contributed by atoms with E-state index in [4.69, 9.17) is 0 Å². The Bertz CT molecular complexity index is 824. The van der Waals surface area contributed by atoms with Crippen LogP contribution >= 0.6 is 0 Å². The molecule has 0 radical (unpaired) electrons. The number of fused-ring (bicyclic) bond motifs is 2. The Labute approximate surface area is 153 Å². The predicted molar refractivity (Wildman–Crippen MR) is 99.6 cm³/mol. The standard InChI is InChI=1S/C25H36/c1-11-12(2)24-18-16-9-15-17-13(3)22(24)14(4)19(5,6)21(8,10-20(18,22)7)25(15,16)23(11,17)24/h11-18H,9-10H2,1-8H3. The molecule has 8 aliphatic carbocycles. The topological polar surface area (TPSA) is 0 Å². The smallest absolute Gasteiger partial charge is 0.00976 e. The van der Waals surface area contributed by atoms with Crippen LogP contribution in [-0.2, 0) is 0 Å². The summed E-state index contributed by atoms with van der Waals surface area (Å²) in [6.07, 6.45) is 3.21. The van der Waals surface area contributed by atoms with E-state index in [2.05, 4.69) is 55.4 Å². The largest absolute Gasteiger partial charge is 0.0616 e. The van der Waals surface area contributed by atoms with Crippen LogP contribution in [0.3, 0.4) is 0 Å². The average Bonchev–Trinajstić information content (AvgIpc) is 2.61. The molecule has 0 aliphatic heterocycles. The average molecular weight is 337 g/mol. The molecule has 4 spiro atoms. The molecule has 25 heavy (non-hydrogen) atoms. The number of rotatable bonds is 0. The third-order valence-corrected chi connectivity index (χ3v) is 15.5. The van der Waals surface area contributed by atoms with E-state index in [1.807, 2.05) is 0 Å². The van der Waals surface area contributed by atoms with Gasteiger partial charge in [-0.15, -0.1) is 0 Å². The molecule has 0 aromatic heterocycles. The summed E-state index contributed by atoms with van der Waals surface area (Å²) in [7, 11) is 0. The maximum atomic E-state index is 2.83. The van der Waals surface area contributed by atoms with E-state index in [0.29, 0.717) is 21.7 Å². The lowest BCUT2D eigenvalue weighted by Gasteiger charge is -2.91. The molecule has 0 N–H and O–H groups in total. The Morgan fingerprint density at radius 2 is 1.32 bits per heavy atom. The van der Waals surface area contributed by atoms with Crippen molar-refractivity contribution in [3.8, 4) is 0 Å². The second-order valence-electron chi connectivity index (χ2n) is 13.7. The molecule has 14 atom stereocenters. The van der Waals surface area contributed by atoms with Crippen molar-refractivity contribution in [3.63, 3.8) is 0 Å². The van der Waals surface area contributed by atoms with Crippen LogP contribution in [0, 0.1) is 85.2 Å². The minimum atomic E-state index is 0.519. The molecular weight excluding hydrogens is 300 g/mol. The van der Waals surface area contributed by atoms with Gasteiger partial charge >= 0.3 is 0 Å². The lowest BCUT2D eigenvalue weighted by atomic mass is 9.13. The van der Waals surface area contributed by atoms with Crippen molar-refractivity contribution in [1.82, 2.24) is 0 Å². The normalized spacial score (nSPS) is 87.4. The van der Waals surface area contributed by atoms with Gasteiger partial charge in [0.2, 0.25) is 0 Å². The van der Waals surface area contributed by atoms with Crippen LogP contribution in [0.2, 0.25) is 0 Å². The van der Waals surface area contributed by atoms with E-state index >= 15 is 0 Å². The van der Waals surface area contributed by atoms with Gasteiger partial charge < -0.3 is 0 Å². The summed E-state index contributed by atoms with van der Waals surface area (Å²) in [5, 5.41) is 0. The maximum absolute atomic E-state index is 2.83. The molecule has 8 rings (SSSR count). The van der Waals surface area contributed by atoms with Gasteiger partial charge in [0.05, 0.1) is 0 Å². The molecule has 0 heterocycles. The molecule has 0 aromatic carbocycles. The quantitative estimate of drug-likeness (QED) is 0.519. The summed E-state index contributed by atoms with van der Waals surface area (Å²) in [5.74, 6) is 8.39. The molecule has 8 saturated carbocycles. The Morgan fingerprint density at radius 1 is 0.680 bits per heavy atom. The second-order valence-corrected chi connectivity index (χ2v) is 13.7. The van der Waals surface area contributed by atoms with E-state index in [0.717, 1.165) is 63.6 Å². The van der Waals surface area contributed by atoms with Crippen LogP contribution in [0.5, 0.6) is 0 Å². The van der Waals surface area contributed by atoms with Crippen LogP contribution in [0.15, 0.2) is 0 Å². The Kier molecular flexibility index (Phi) is 1.54. The van der Waals surface area contributed by atoms with Gasteiger partial charge in [-0.25, -0.2) is 0 Å². The van der Waals surface area contributed by atoms with Crippen LogP contribution in [0.4, 0.5) is 0 Å². The highest BCUT2D eigenvalue weighted by molar-refractivity contribution is 5.61. The molecule has 0 nitrogen and oxygen atoms in total. The van der Waals surface area contributed by atoms with Crippen molar-refractivity contribution >= 4 is 0 Å². The summed E-state index contributed by atoms with van der Waals surface area (Å²) in [4.78, 5) is 0. The Morgan fingerprint density at radius 3 is 2.00 bits per heavy atom. The molecule has 136 valence electrons. The van der Waals surface area contributed by atoms with E-state index in [9.17, 15) is 0 Å². The maximum Gasteiger partial charge on any atom is -0.00976 e.